The van der Waals surface area contributed by atoms with Gasteiger partial charge in [0, 0.05) is 104 Å². The van der Waals surface area contributed by atoms with Crippen LogP contribution in [0.3, 0.4) is 0 Å². The lowest BCUT2D eigenvalue weighted by atomic mass is 9.98. The van der Waals surface area contributed by atoms with E-state index in [0.29, 0.717) is 0 Å². The van der Waals surface area contributed by atoms with Crippen LogP contribution < -0.4 is 0 Å². The molecule has 0 saturated carbocycles. The van der Waals surface area contributed by atoms with Gasteiger partial charge < -0.3 is 27.4 Å². The Labute approximate surface area is 763 Å². The van der Waals surface area contributed by atoms with Crippen LogP contribution in [-0.2, 0) is 0 Å². The Morgan fingerprint density at radius 1 is 0.106 bits per heavy atom. The lowest BCUT2D eigenvalue weighted by molar-refractivity contribution is 1.17. The summed E-state index contributed by atoms with van der Waals surface area (Å²) >= 11 is 0. The molecule has 0 amide bonds. The number of rotatable bonds is 12. The van der Waals surface area contributed by atoms with Crippen LogP contribution in [0.1, 0.15) is 0 Å². The van der Waals surface area contributed by atoms with Crippen LogP contribution in [0.4, 0.5) is 0 Å². The largest absolute Gasteiger partial charge is 0.309 e. The zero-order chi connectivity index (χ0) is 87.1. The smallest absolute Gasteiger partial charge is 0.0641 e. The monoisotopic (exact) mass is 1680 g/mol. The van der Waals surface area contributed by atoms with Crippen LogP contribution in [0.5, 0.6) is 0 Å². The molecule has 0 unspecified atom stereocenters. The summed E-state index contributed by atoms with van der Waals surface area (Å²) < 4.78 is 14.7. The number of nitrogens with zero attached hydrogens (tertiary/aromatic N) is 6. The van der Waals surface area contributed by atoms with Crippen molar-refractivity contribution in [3.63, 3.8) is 0 Å². The van der Waals surface area contributed by atoms with E-state index in [9.17, 15) is 0 Å². The number of para-hydroxylation sites is 7. The Hall–Kier alpha value is -17.6. The third kappa shape index (κ3) is 12.8. The van der Waals surface area contributed by atoms with Gasteiger partial charge in [-0.05, 0) is 183 Å². The van der Waals surface area contributed by atoms with Gasteiger partial charge >= 0.3 is 0 Å². The summed E-state index contributed by atoms with van der Waals surface area (Å²) in [7, 11) is 0. The molecule has 6 nitrogen and oxygen atoms in total. The van der Waals surface area contributed by atoms with Crippen molar-refractivity contribution in [1.29, 1.82) is 0 Å². The Morgan fingerprint density at radius 2 is 0.364 bits per heavy atom. The van der Waals surface area contributed by atoms with Gasteiger partial charge in [-0.2, -0.15) is 0 Å². The summed E-state index contributed by atoms with van der Waals surface area (Å²) in [5.74, 6) is 0. The highest BCUT2D eigenvalue weighted by Crippen LogP contribution is 2.50. The predicted octanol–water partition coefficient (Wildman–Crippen LogP) is 33.6. The quantitative estimate of drug-likeness (QED) is 0.117. The van der Waals surface area contributed by atoms with Gasteiger partial charge in [-0.3, -0.25) is 0 Å². The van der Waals surface area contributed by atoms with Crippen molar-refractivity contribution in [2.75, 3.05) is 0 Å². The van der Waals surface area contributed by atoms with Crippen LogP contribution in [0.15, 0.2) is 510 Å². The lowest BCUT2D eigenvalue weighted by Crippen LogP contribution is -1.96. The zero-order valence-electron chi connectivity index (χ0n) is 72.2. The normalized spacial score (nSPS) is 11.6. The fraction of sp³-hybridized carbons (Fsp3) is 0. The van der Waals surface area contributed by atoms with Gasteiger partial charge in [0.25, 0.3) is 0 Å². The van der Waals surface area contributed by atoms with Crippen molar-refractivity contribution in [3.05, 3.63) is 510 Å². The molecule has 0 radical (unpaired) electrons. The van der Waals surface area contributed by atoms with Gasteiger partial charge in [0.15, 0.2) is 0 Å². The minimum atomic E-state index is 1.15. The highest BCUT2D eigenvalue weighted by Gasteiger charge is 2.28. The molecule has 0 saturated heterocycles. The summed E-state index contributed by atoms with van der Waals surface area (Å²) in [6.45, 7) is 0. The van der Waals surface area contributed by atoms with E-state index in [4.69, 9.17) is 0 Å². The van der Waals surface area contributed by atoms with Gasteiger partial charge in [0.2, 0.25) is 0 Å². The van der Waals surface area contributed by atoms with Crippen LogP contribution >= 0.6 is 0 Å². The first-order chi connectivity index (χ1) is 65.6. The first kappa shape index (κ1) is 76.8. The van der Waals surface area contributed by atoms with Crippen molar-refractivity contribution >= 4 is 131 Å². The predicted molar refractivity (Wildman–Crippen MR) is 558 cm³/mol. The first-order valence-corrected chi connectivity index (χ1v) is 45.4. The van der Waals surface area contributed by atoms with Crippen molar-refractivity contribution in [3.8, 4) is 101 Å². The molecule has 0 aliphatic heterocycles. The van der Waals surface area contributed by atoms with E-state index in [2.05, 4.69) is 537 Å². The van der Waals surface area contributed by atoms with Crippen molar-refractivity contribution in [1.82, 2.24) is 27.4 Å². The summed E-state index contributed by atoms with van der Waals surface area (Å²) in [5.41, 5.74) is 36.2. The van der Waals surface area contributed by atoms with Crippen LogP contribution in [0, 0.1) is 0 Å². The Morgan fingerprint density at radius 3 is 0.856 bits per heavy atom. The first-order valence-electron chi connectivity index (χ1n) is 45.4. The molecule has 6 aromatic heterocycles. The highest BCUT2D eigenvalue weighted by atomic mass is 15.0. The molecule has 0 aliphatic rings. The molecule has 132 heavy (non-hydrogen) atoms. The van der Waals surface area contributed by atoms with Crippen molar-refractivity contribution in [2.45, 2.75) is 0 Å². The zero-order valence-corrected chi connectivity index (χ0v) is 72.2. The van der Waals surface area contributed by atoms with E-state index in [0.717, 1.165) is 28.4 Å². The van der Waals surface area contributed by atoms with Gasteiger partial charge in [-0.15, -0.1) is 0 Å². The Balaban J connectivity index is 0.000000106. The maximum absolute atomic E-state index is 2.47. The molecule has 21 aromatic carbocycles. The molecule has 0 aliphatic carbocycles. The molecule has 0 fully saturated rings. The molecular weight excluding hydrogens is 1600 g/mol. The highest BCUT2D eigenvalue weighted by molar-refractivity contribution is 6.31. The molecule has 27 rings (SSSR count). The van der Waals surface area contributed by atoms with Gasteiger partial charge in [-0.1, -0.05) is 388 Å². The molecule has 618 valence electrons. The SMILES string of the molecule is c1ccc(-c2ccc(-n3c4ccc5c6ccccc6n(-c6ccccc6)c5c4c4cccc(-c5ccccc5)c43)cc2)cc1.c1ccc(-c2ccc(-n3c4ccccc4c4ccc5c(c6c(-c7ccccc7)cccc6n5-c5ccccc5)c43)cc2)cc1.c1ccc(-c2cccc(-n3c4ccccc4c4c3ccc3c5c(-c6ccccc6)cccc5n(-c5ccccc5)c34)c2)cc1. The van der Waals surface area contributed by atoms with E-state index in [1.807, 2.05) is 0 Å². The van der Waals surface area contributed by atoms with Crippen LogP contribution in [-0.4, -0.2) is 27.4 Å². The van der Waals surface area contributed by atoms with E-state index >= 15 is 0 Å². The summed E-state index contributed by atoms with van der Waals surface area (Å²) in [6.07, 6.45) is 0. The molecular formula is C126H84N6. The fourth-order valence-electron chi connectivity index (χ4n) is 21.1. The number of aromatic nitrogens is 6. The molecule has 0 N–H and O–H groups in total. The molecule has 27 aromatic rings. The summed E-state index contributed by atoms with van der Waals surface area (Å²) in [4.78, 5) is 0. The topological polar surface area (TPSA) is 29.6 Å². The average molecular weight is 1680 g/mol. The second kappa shape index (κ2) is 32.4. The maximum Gasteiger partial charge on any atom is 0.0641 e. The van der Waals surface area contributed by atoms with Crippen molar-refractivity contribution in [2.24, 2.45) is 0 Å². The second-order valence-corrected chi connectivity index (χ2v) is 34.1. The van der Waals surface area contributed by atoms with Crippen LogP contribution in [0.2, 0.25) is 0 Å². The van der Waals surface area contributed by atoms with Gasteiger partial charge in [-0.25, -0.2) is 0 Å². The molecule has 6 heteroatoms. The van der Waals surface area contributed by atoms with Gasteiger partial charge in [0.05, 0.1) is 66.2 Å². The summed E-state index contributed by atoms with van der Waals surface area (Å²) in [6, 6.07) is 184. The van der Waals surface area contributed by atoms with E-state index < -0.39 is 0 Å². The minimum absolute atomic E-state index is 1.15. The van der Waals surface area contributed by atoms with Gasteiger partial charge in [0.1, 0.15) is 0 Å². The molecule has 6 heterocycles. The van der Waals surface area contributed by atoms with Crippen molar-refractivity contribution < 1.29 is 0 Å². The van der Waals surface area contributed by atoms with Crippen LogP contribution in [0.25, 0.3) is 232 Å². The molecule has 0 atom stereocenters. The lowest BCUT2D eigenvalue weighted by Gasteiger charge is -2.13. The molecule has 0 bridgehead atoms. The van der Waals surface area contributed by atoms with E-state index in [-0.39, 0.29) is 0 Å². The Kier molecular flexibility index (Phi) is 18.8. The third-order valence-electron chi connectivity index (χ3n) is 26.7. The number of hydrogen-bond donors (Lipinski definition) is 0. The number of fused-ring (bicyclic) bond motifs is 21. The Bertz CT molecular complexity index is 9050. The minimum Gasteiger partial charge on any atom is -0.309 e. The standard InChI is InChI=1S/3C42H28N2/c1-4-14-29(15-5-1)31-18-12-21-33(28-31)43-37-24-11-10-22-35(37)41-39(43)27-26-36-40-34(30-16-6-2-7-17-30)23-13-25-38(40)44(42(36)41)32-19-8-3-9-20-32;1-4-13-29(14-5-1)30-23-25-33(26-24-30)44-39-28-27-36-35-19-10-11-22-38(35)43(32-17-8-3-9-18-32)42(36)40(39)37-21-12-20-34(41(37)44)31-15-6-2-7-16-31;1-4-13-29(14-5-1)30-23-25-33(26-24-30)44-37-21-11-10-19-35(37)36-27-28-39-41(42(36)44)40-34(31-15-6-2-7-16-31)20-12-22-38(40)43(39)32-17-8-3-9-18-32/h3*1-28H. The molecule has 0 spiro atoms. The van der Waals surface area contributed by atoms with E-state index in [1.54, 1.807) is 0 Å². The second-order valence-electron chi connectivity index (χ2n) is 34.1. The number of benzene rings is 21. The fourth-order valence-corrected chi connectivity index (χ4v) is 21.1. The maximum atomic E-state index is 2.47. The summed E-state index contributed by atoms with van der Waals surface area (Å²) in [5, 5.41) is 15.2. The number of hydrogen-bond acceptors (Lipinski definition) is 0. The average Bonchev–Trinajstić information content (AvgIpc) is 1.55. The third-order valence-corrected chi connectivity index (χ3v) is 26.7. The van der Waals surface area contributed by atoms with E-state index in [1.165, 1.54) is 203 Å².